The molecule has 0 aromatic rings. The van der Waals surface area contributed by atoms with E-state index in [1.807, 2.05) is 0 Å². The molecule has 1 unspecified atom stereocenters. The van der Waals surface area contributed by atoms with Crippen molar-refractivity contribution in [1.82, 2.24) is 4.90 Å². The van der Waals surface area contributed by atoms with Crippen molar-refractivity contribution in [2.45, 2.75) is 12.4 Å². The van der Waals surface area contributed by atoms with Gasteiger partial charge < -0.3 is 14.8 Å². The van der Waals surface area contributed by atoms with Crippen LogP contribution >= 0.6 is 0 Å². The second-order valence-electron chi connectivity index (χ2n) is 2.72. The third-order valence-electron chi connectivity index (χ3n) is 1.67. The molecule has 0 aromatic carbocycles. The molecule has 1 aliphatic heterocycles. The van der Waals surface area contributed by atoms with Crippen LogP contribution in [-0.2, 0) is 4.74 Å². The van der Waals surface area contributed by atoms with Crippen LogP contribution in [0.3, 0.4) is 0 Å². The number of alkyl halides is 3. The van der Waals surface area contributed by atoms with Crippen LogP contribution in [0.1, 0.15) is 0 Å². The number of ether oxygens (including phenoxy) is 1. The first-order valence-corrected chi connectivity index (χ1v) is 3.69. The number of hydrogen-bond donors (Lipinski definition) is 2. The summed E-state index contributed by atoms with van der Waals surface area (Å²) in [5, 5.41) is 16.9. The molecule has 1 aliphatic rings. The third-order valence-corrected chi connectivity index (χ3v) is 1.67. The summed E-state index contributed by atoms with van der Waals surface area (Å²) < 4.78 is 41.7. The molecule has 1 fully saturated rings. The smallest absolute Gasteiger partial charge is 0.426 e. The molecule has 8 heteroatoms. The zero-order valence-electron chi connectivity index (χ0n) is 6.66. The van der Waals surface area contributed by atoms with E-state index in [4.69, 9.17) is 10.0 Å². The normalized spacial score (nSPS) is 28.8. The third kappa shape index (κ3) is 2.57. The molecule has 1 rings (SSSR count). The van der Waals surface area contributed by atoms with Crippen molar-refractivity contribution in [2.24, 2.45) is 0 Å². The van der Waals surface area contributed by atoms with Gasteiger partial charge in [0.1, 0.15) is 0 Å². The van der Waals surface area contributed by atoms with E-state index in [1.165, 1.54) is 0 Å². The molecule has 0 radical (unpaired) electrons. The minimum Gasteiger partial charge on any atom is -0.426 e. The highest BCUT2D eigenvalue weighted by molar-refractivity contribution is 6.41. The highest BCUT2D eigenvalue weighted by atomic mass is 19.3. The summed E-state index contributed by atoms with van der Waals surface area (Å²) in [4.78, 5) is 0.619. The maximum absolute atomic E-state index is 12.8. The van der Waals surface area contributed by atoms with E-state index >= 15 is 0 Å². The molecule has 0 saturated carbocycles. The Kier molecular flexibility index (Phi) is 3.17. The largest absolute Gasteiger partial charge is 0.466 e. The van der Waals surface area contributed by atoms with Crippen molar-refractivity contribution in [3.8, 4) is 0 Å². The van der Waals surface area contributed by atoms with Crippen LogP contribution in [0.15, 0.2) is 0 Å². The maximum atomic E-state index is 12.8. The van der Waals surface area contributed by atoms with Gasteiger partial charge in [0.2, 0.25) is 6.30 Å². The van der Waals surface area contributed by atoms with Gasteiger partial charge in [-0.05, 0) is 0 Å². The van der Waals surface area contributed by atoms with E-state index in [-0.39, 0.29) is 13.2 Å². The molecular formula is C5H9BF3NO3. The van der Waals surface area contributed by atoms with Gasteiger partial charge in [-0.15, -0.1) is 0 Å². The van der Waals surface area contributed by atoms with Crippen molar-refractivity contribution < 1.29 is 28.0 Å². The van der Waals surface area contributed by atoms with Gasteiger partial charge in [0, 0.05) is 13.0 Å². The SMILES string of the molecule is OB(O)CN1CCOC(F)(F)C1F. The van der Waals surface area contributed by atoms with Crippen LogP contribution in [-0.4, -0.2) is 54.1 Å². The molecule has 1 saturated heterocycles. The van der Waals surface area contributed by atoms with E-state index in [2.05, 4.69) is 4.74 Å². The number of halogens is 3. The predicted octanol–water partition coefficient (Wildman–Crippen LogP) is -0.781. The van der Waals surface area contributed by atoms with E-state index in [9.17, 15) is 13.2 Å². The molecule has 76 valence electrons. The second-order valence-corrected chi connectivity index (χ2v) is 2.72. The molecule has 0 bridgehead atoms. The highest BCUT2D eigenvalue weighted by Crippen LogP contribution is 2.28. The lowest BCUT2D eigenvalue weighted by molar-refractivity contribution is -0.324. The Morgan fingerprint density at radius 1 is 1.54 bits per heavy atom. The number of rotatable bonds is 2. The number of hydrogen-bond acceptors (Lipinski definition) is 4. The van der Waals surface area contributed by atoms with E-state index in [1.54, 1.807) is 0 Å². The fourth-order valence-electron chi connectivity index (χ4n) is 1.09. The Bertz CT molecular complexity index is 182. The number of morpholine rings is 1. The van der Waals surface area contributed by atoms with Crippen LogP contribution < -0.4 is 0 Å². The van der Waals surface area contributed by atoms with Gasteiger partial charge in [0.15, 0.2) is 0 Å². The van der Waals surface area contributed by atoms with Crippen LogP contribution in [0.4, 0.5) is 13.2 Å². The molecular weight excluding hydrogens is 190 g/mol. The summed E-state index contributed by atoms with van der Waals surface area (Å²) in [6, 6.07) is 0. The maximum Gasteiger partial charge on any atom is 0.466 e. The highest BCUT2D eigenvalue weighted by Gasteiger charge is 2.49. The first kappa shape index (κ1) is 10.8. The van der Waals surface area contributed by atoms with Crippen molar-refractivity contribution >= 4 is 7.12 Å². The summed E-state index contributed by atoms with van der Waals surface area (Å²) >= 11 is 0. The topological polar surface area (TPSA) is 52.9 Å². The Morgan fingerprint density at radius 2 is 2.15 bits per heavy atom. The van der Waals surface area contributed by atoms with Gasteiger partial charge in [-0.25, -0.2) is 4.39 Å². The summed E-state index contributed by atoms with van der Waals surface area (Å²) in [7, 11) is -1.83. The zero-order valence-corrected chi connectivity index (χ0v) is 6.66. The van der Waals surface area contributed by atoms with Crippen LogP contribution in [0, 0.1) is 0 Å². The second kappa shape index (κ2) is 3.83. The van der Waals surface area contributed by atoms with E-state index in [0.29, 0.717) is 4.90 Å². The van der Waals surface area contributed by atoms with Gasteiger partial charge in [0.25, 0.3) is 0 Å². The summed E-state index contributed by atoms with van der Waals surface area (Å²) in [5.74, 6) is 0. The van der Waals surface area contributed by atoms with Gasteiger partial charge in [-0.2, -0.15) is 8.78 Å². The molecule has 13 heavy (non-hydrogen) atoms. The molecule has 0 amide bonds. The van der Waals surface area contributed by atoms with Crippen molar-refractivity contribution in [3.63, 3.8) is 0 Å². The Morgan fingerprint density at radius 3 is 2.69 bits per heavy atom. The van der Waals surface area contributed by atoms with Gasteiger partial charge in [-0.3, -0.25) is 4.90 Å². The van der Waals surface area contributed by atoms with Crippen LogP contribution in [0.5, 0.6) is 0 Å². The van der Waals surface area contributed by atoms with Crippen LogP contribution in [0.25, 0.3) is 0 Å². The van der Waals surface area contributed by atoms with E-state index in [0.717, 1.165) is 0 Å². The lowest BCUT2D eigenvalue weighted by Gasteiger charge is -2.35. The quantitative estimate of drug-likeness (QED) is 0.452. The van der Waals surface area contributed by atoms with Crippen molar-refractivity contribution in [2.75, 3.05) is 19.6 Å². The Labute approximate surface area is 73.0 Å². The first-order chi connectivity index (χ1) is 5.93. The molecule has 0 spiro atoms. The first-order valence-electron chi connectivity index (χ1n) is 3.69. The Balaban J connectivity index is 2.55. The fourth-order valence-corrected chi connectivity index (χ4v) is 1.09. The molecule has 4 nitrogen and oxygen atoms in total. The van der Waals surface area contributed by atoms with Crippen molar-refractivity contribution in [3.05, 3.63) is 0 Å². The molecule has 0 aliphatic carbocycles. The lowest BCUT2D eigenvalue weighted by atomic mass is 9.91. The number of nitrogens with zero attached hydrogens (tertiary/aromatic N) is 1. The fraction of sp³-hybridized carbons (Fsp3) is 1.00. The summed E-state index contributed by atoms with van der Waals surface area (Å²) in [5.41, 5.74) is 0. The Hall–Kier alpha value is -0.305. The lowest BCUT2D eigenvalue weighted by Crippen LogP contribution is -2.55. The van der Waals surface area contributed by atoms with E-state index < -0.39 is 26.0 Å². The summed E-state index contributed by atoms with van der Waals surface area (Å²) in [6.07, 6.45) is -7.05. The predicted molar refractivity (Wildman–Crippen MR) is 37.6 cm³/mol. The minimum absolute atomic E-state index is 0.0889. The molecule has 1 atom stereocenters. The minimum atomic E-state index is -3.87. The van der Waals surface area contributed by atoms with Gasteiger partial charge >= 0.3 is 13.2 Å². The standard InChI is InChI=1S/C5H9BF3NO3/c7-4-5(8,9)13-2-1-10(4)3-6(11)12/h4,11-12H,1-3H2. The van der Waals surface area contributed by atoms with Gasteiger partial charge in [0.05, 0.1) is 6.61 Å². The average molecular weight is 199 g/mol. The average Bonchev–Trinajstić information content (AvgIpc) is 1.98. The molecule has 1 heterocycles. The van der Waals surface area contributed by atoms with Crippen molar-refractivity contribution in [1.29, 1.82) is 0 Å². The summed E-state index contributed by atoms with van der Waals surface area (Å²) in [6.45, 7) is -0.422. The molecule has 2 N–H and O–H groups in total. The van der Waals surface area contributed by atoms with Gasteiger partial charge in [-0.1, -0.05) is 0 Å². The molecule has 0 aromatic heterocycles. The zero-order chi connectivity index (χ0) is 10.1. The van der Waals surface area contributed by atoms with Crippen LogP contribution in [0.2, 0.25) is 0 Å². The monoisotopic (exact) mass is 199 g/mol.